The van der Waals surface area contributed by atoms with Gasteiger partial charge in [-0.2, -0.15) is 9.61 Å². The minimum atomic E-state index is -0.127. The second-order valence-electron chi connectivity index (χ2n) is 6.57. The van der Waals surface area contributed by atoms with E-state index in [0.29, 0.717) is 28.8 Å². The van der Waals surface area contributed by atoms with E-state index in [4.69, 9.17) is 23.2 Å². The van der Waals surface area contributed by atoms with Crippen molar-refractivity contribution in [2.24, 2.45) is 0 Å². The zero-order valence-electron chi connectivity index (χ0n) is 15.8. The topological polar surface area (TPSA) is 65.1 Å². The van der Waals surface area contributed by atoms with E-state index < -0.39 is 0 Å². The number of aromatic nitrogens is 5. The van der Waals surface area contributed by atoms with Gasteiger partial charge >= 0.3 is 0 Å². The largest absolute Gasteiger partial charge is 0.325 e. The Morgan fingerprint density at radius 1 is 1.03 bits per heavy atom. The third kappa shape index (κ3) is 4.03. The molecule has 0 radical (unpaired) electrons. The SMILES string of the molecule is CSc1cc2n(Cc3ccc(Cl)nc3)c(C)c(Cc3ccc(Cl)nc3)c(=O)n2n1. The molecule has 4 rings (SSSR count). The van der Waals surface area contributed by atoms with E-state index in [1.54, 1.807) is 24.5 Å². The summed E-state index contributed by atoms with van der Waals surface area (Å²) in [4.78, 5) is 21.5. The molecule has 6 nitrogen and oxygen atoms in total. The summed E-state index contributed by atoms with van der Waals surface area (Å²) < 4.78 is 3.55. The maximum atomic E-state index is 13.2. The molecule has 4 aromatic heterocycles. The standard InChI is InChI=1S/C20H17Cl2N5OS/c1-12-15(7-13-3-5-16(21)23-9-13)20(28)27-19(8-18(25-27)29-2)26(12)11-14-4-6-17(22)24-10-14/h3-6,8-10H,7,11H2,1-2H3. The lowest BCUT2D eigenvalue weighted by Crippen LogP contribution is -2.26. The molecule has 0 unspecified atom stereocenters. The quantitative estimate of drug-likeness (QED) is 0.339. The van der Waals surface area contributed by atoms with Crippen LogP contribution in [0.1, 0.15) is 22.4 Å². The van der Waals surface area contributed by atoms with Crippen LogP contribution in [0.5, 0.6) is 0 Å². The van der Waals surface area contributed by atoms with Crippen LogP contribution in [0.25, 0.3) is 5.65 Å². The van der Waals surface area contributed by atoms with Crippen LogP contribution < -0.4 is 5.56 Å². The lowest BCUT2D eigenvalue weighted by Gasteiger charge is -2.16. The molecule has 4 heterocycles. The van der Waals surface area contributed by atoms with Gasteiger partial charge in [-0.05, 0) is 36.4 Å². The Morgan fingerprint density at radius 3 is 2.28 bits per heavy atom. The number of pyridine rings is 2. The first-order valence-corrected chi connectivity index (χ1v) is 10.8. The molecule has 0 fully saturated rings. The van der Waals surface area contributed by atoms with Crippen molar-refractivity contribution in [1.82, 2.24) is 24.1 Å². The minimum Gasteiger partial charge on any atom is -0.325 e. The predicted molar refractivity (Wildman–Crippen MR) is 116 cm³/mol. The molecule has 0 saturated heterocycles. The highest BCUT2D eigenvalue weighted by molar-refractivity contribution is 7.98. The summed E-state index contributed by atoms with van der Waals surface area (Å²) in [6.45, 7) is 2.50. The Hall–Kier alpha value is -2.35. The Morgan fingerprint density at radius 2 is 1.69 bits per heavy atom. The van der Waals surface area contributed by atoms with Crippen LogP contribution in [0.2, 0.25) is 10.3 Å². The first kappa shape index (κ1) is 19.9. The molecule has 9 heteroatoms. The maximum Gasteiger partial charge on any atom is 0.278 e. The Bertz CT molecular complexity index is 1230. The highest BCUT2D eigenvalue weighted by atomic mass is 35.5. The molecular formula is C20H17Cl2N5OS. The zero-order valence-corrected chi connectivity index (χ0v) is 18.1. The van der Waals surface area contributed by atoms with Gasteiger partial charge in [0.25, 0.3) is 5.56 Å². The van der Waals surface area contributed by atoms with Crippen molar-refractivity contribution in [3.63, 3.8) is 0 Å². The highest BCUT2D eigenvalue weighted by Crippen LogP contribution is 2.20. The van der Waals surface area contributed by atoms with Crippen LogP contribution >= 0.6 is 35.0 Å². The van der Waals surface area contributed by atoms with E-state index in [1.807, 2.05) is 31.4 Å². The first-order valence-electron chi connectivity index (χ1n) is 8.83. The second-order valence-corrected chi connectivity index (χ2v) is 8.17. The molecule has 4 aromatic rings. The fraction of sp³-hybridized carbons (Fsp3) is 0.200. The highest BCUT2D eigenvalue weighted by Gasteiger charge is 2.17. The maximum absolute atomic E-state index is 13.2. The lowest BCUT2D eigenvalue weighted by molar-refractivity contribution is 0.714. The van der Waals surface area contributed by atoms with Crippen molar-refractivity contribution in [3.05, 3.63) is 85.8 Å². The number of halogens is 2. The molecule has 0 atom stereocenters. The fourth-order valence-corrected chi connectivity index (χ4v) is 3.82. The summed E-state index contributed by atoms with van der Waals surface area (Å²) >= 11 is 13.3. The van der Waals surface area contributed by atoms with Gasteiger partial charge in [0.05, 0.1) is 6.54 Å². The van der Waals surface area contributed by atoms with E-state index in [9.17, 15) is 4.79 Å². The van der Waals surface area contributed by atoms with E-state index in [-0.39, 0.29) is 5.56 Å². The normalized spacial score (nSPS) is 11.3. The molecule has 0 amide bonds. The van der Waals surface area contributed by atoms with Crippen molar-refractivity contribution in [2.45, 2.75) is 24.9 Å². The third-order valence-electron chi connectivity index (χ3n) is 4.74. The number of rotatable bonds is 5. The molecule has 0 N–H and O–H groups in total. The van der Waals surface area contributed by atoms with Crippen LogP contribution in [0.4, 0.5) is 0 Å². The van der Waals surface area contributed by atoms with Gasteiger partial charge in [0.15, 0.2) is 0 Å². The third-order valence-corrected chi connectivity index (χ3v) is 5.81. The van der Waals surface area contributed by atoms with Crippen LogP contribution in [0.3, 0.4) is 0 Å². The number of thioether (sulfide) groups is 1. The molecule has 29 heavy (non-hydrogen) atoms. The average Bonchev–Trinajstić information content (AvgIpc) is 3.16. The Balaban J connectivity index is 1.87. The van der Waals surface area contributed by atoms with Gasteiger partial charge in [0.1, 0.15) is 21.0 Å². The number of fused-ring (bicyclic) bond motifs is 1. The predicted octanol–water partition coefficient (Wildman–Crippen LogP) is 4.26. The van der Waals surface area contributed by atoms with Crippen molar-refractivity contribution in [3.8, 4) is 0 Å². The minimum absolute atomic E-state index is 0.127. The second kappa shape index (κ2) is 8.18. The van der Waals surface area contributed by atoms with Crippen LogP contribution in [-0.2, 0) is 13.0 Å². The van der Waals surface area contributed by atoms with Gasteiger partial charge in [-0.1, -0.05) is 35.3 Å². The number of hydrogen-bond acceptors (Lipinski definition) is 5. The fourth-order valence-electron chi connectivity index (χ4n) is 3.21. The van der Waals surface area contributed by atoms with E-state index in [0.717, 1.165) is 27.5 Å². The molecule has 0 bridgehead atoms. The number of nitrogens with zero attached hydrogens (tertiary/aromatic N) is 5. The molecule has 0 saturated carbocycles. The van der Waals surface area contributed by atoms with Gasteiger partial charge in [-0.25, -0.2) is 9.97 Å². The zero-order chi connectivity index (χ0) is 20.5. The van der Waals surface area contributed by atoms with Gasteiger partial charge in [-0.15, -0.1) is 11.8 Å². The van der Waals surface area contributed by atoms with Crippen molar-refractivity contribution in [2.75, 3.05) is 6.26 Å². The molecule has 0 spiro atoms. The van der Waals surface area contributed by atoms with Gasteiger partial charge in [0.2, 0.25) is 0 Å². The molecule has 0 aliphatic heterocycles. The van der Waals surface area contributed by atoms with Crippen LogP contribution in [-0.4, -0.2) is 30.4 Å². The molecule has 0 aliphatic rings. The summed E-state index contributed by atoms with van der Waals surface area (Å²) in [5.41, 5.74) is 4.04. The summed E-state index contributed by atoms with van der Waals surface area (Å²) in [6.07, 6.45) is 5.81. The van der Waals surface area contributed by atoms with Crippen molar-refractivity contribution >= 4 is 40.6 Å². The van der Waals surface area contributed by atoms with Crippen LogP contribution in [0.15, 0.2) is 52.5 Å². The Labute approximate surface area is 181 Å². The van der Waals surface area contributed by atoms with Crippen LogP contribution in [0, 0.1) is 6.92 Å². The molecule has 0 aliphatic carbocycles. The van der Waals surface area contributed by atoms with Gasteiger partial charge < -0.3 is 4.57 Å². The summed E-state index contributed by atoms with van der Waals surface area (Å²) in [5.74, 6) is 0. The summed E-state index contributed by atoms with van der Waals surface area (Å²) in [6, 6.07) is 9.22. The lowest BCUT2D eigenvalue weighted by atomic mass is 10.1. The van der Waals surface area contributed by atoms with Gasteiger partial charge in [-0.3, -0.25) is 4.79 Å². The molecular weight excluding hydrogens is 429 g/mol. The van der Waals surface area contributed by atoms with E-state index in [2.05, 4.69) is 19.6 Å². The summed E-state index contributed by atoms with van der Waals surface area (Å²) in [5, 5.41) is 6.13. The molecule has 148 valence electrons. The smallest absolute Gasteiger partial charge is 0.278 e. The Kier molecular flexibility index (Phi) is 5.63. The average molecular weight is 446 g/mol. The van der Waals surface area contributed by atoms with Crippen molar-refractivity contribution in [1.29, 1.82) is 0 Å². The van der Waals surface area contributed by atoms with E-state index in [1.165, 1.54) is 16.3 Å². The van der Waals surface area contributed by atoms with Crippen molar-refractivity contribution < 1.29 is 0 Å². The monoisotopic (exact) mass is 445 g/mol. The van der Waals surface area contributed by atoms with E-state index >= 15 is 0 Å². The number of hydrogen-bond donors (Lipinski definition) is 0. The first-order chi connectivity index (χ1) is 14.0. The van der Waals surface area contributed by atoms with Gasteiger partial charge in [0, 0.05) is 36.1 Å². The molecule has 0 aromatic carbocycles. The summed E-state index contributed by atoms with van der Waals surface area (Å²) in [7, 11) is 0.